The van der Waals surface area contributed by atoms with E-state index in [1.54, 1.807) is 0 Å². The molecule has 0 aliphatic heterocycles. The zero-order valence-corrected chi connectivity index (χ0v) is 10.6. The Hall–Kier alpha value is -1.62. The lowest BCUT2D eigenvalue weighted by atomic mass is 9.75. The van der Waals surface area contributed by atoms with E-state index in [9.17, 15) is 4.79 Å². The van der Waals surface area contributed by atoms with Gasteiger partial charge in [0.25, 0.3) is 0 Å². The molecule has 1 unspecified atom stereocenters. The molecule has 0 radical (unpaired) electrons. The smallest absolute Gasteiger partial charge is 0.167 e. The van der Waals surface area contributed by atoms with Crippen LogP contribution < -0.4 is 0 Å². The van der Waals surface area contributed by atoms with Crippen LogP contribution in [0.25, 0.3) is 0 Å². The largest absolute Gasteiger partial charge is 0.294 e. The Morgan fingerprint density at radius 2 is 1.89 bits per heavy atom. The van der Waals surface area contributed by atoms with Gasteiger partial charge >= 0.3 is 0 Å². The minimum Gasteiger partial charge on any atom is -0.294 e. The van der Waals surface area contributed by atoms with Crippen molar-refractivity contribution < 1.29 is 4.79 Å². The van der Waals surface area contributed by atoms with E-state index < -0.39 is 0 Å². The number of nitriles is 1. The molecule has 1 aromatic rings. The number of hydrogen-bond acceptors (Lipinski definition) is 2. The van der Waals surface area contributed by atoms with Gasteiger partial charge in [-0.1, -0.05) is 49.6 Å². The number of Topliss-reactive ketones (excluding diaryl/α,β-unsaturated/α-hetero) is 1. The molecular formula is C16H19NO. The molecule has 18 heavy (non-hydrogen) atoms. The van der Waals surface area contributed by atoms with Crippen molar-refractivity contribution in [2.75, 3.05) is 0 Å². The number of carbonyl (C=O) groups is 1. The van der Waals surface area contributed by atoms with E-state index >= 15 is 0 Å². The summed E-state index contributed by atoms with van der Waals surface area (Å²) in [6.45, 7) is 0. The highest BCUT2D eigenvalue weighted by Gasteiger charge is 2.29. The highest BCUT2D eigenvalue weighted by molar-refractivity contribution is 5.98. The first kappa shape index (κ1) is 12.8. The highest BCUT2D eigenvalue weighted by Crippen LogP contribution is 2.33. The fraction of sp³-hybridized carbons (Fsp3) is 0.500. The number of rotatable bonds is 4. The Morgan fingerprint density at radius 3 is 2.50 bits per heavy atom. The van der Waals surface area contributed by atoms with Gasteiger partial charge in [0.05, 0.1) is 6.07 Å². The Kier molecular flexibility index (Phi) is 4.52. The third-order valence-electron chi connectivity index (χ3n) is 3.93. The van der Waals surface area contributed by atoms with Gasteiger partial charge in [0.15, 0.2) is 5.78 Å². The van der Waals surface area contributed by atoms with Crippen LogP contribution in [0.1, 0.15) is 48.9 Å². The van der Waals surface area contributed by atoms with E-state index in [1.165, 1.54) is 19.3 Å². The molecule has 1 aromatic carbocycles. The molecule has 1 aliphatic carbocycles. The van der Waals surface area contributed by atoms with E-state index in [2.05, 4.69) is 6.07 Å². The van der Waals surface area contributed by atoms with E-state index in [1.807, 2.05) is 30.3 Å². The van der Waals surface area contributed by atoms with Crippen LogP contribution >= 0.6 is 0 Å². The number of hydrogen-bond donors (Lipinski definition) is 0. The molecule has 2 heteroatoms. The maximum Gasteiger partial charge on any atom is 0.167 e. The van der Waals surface area contributed by atoms with Crippen molar-refractivity contribution in [3.05, 3.63) is 35.9 Å². The first-order valence-corrected chi connectivity index (χ1v) is 6.79. The van der Waals surface area contributed by atoms with Gasteiger partial charge in [-0.2, -0.15) is 5.26 Å². The van der Waals surface area contributed by atoms with Crippen LogP contribution in [0.15, 0.2) is 30.3 Å². The van der Waals surface area contributed by atoms with Crippen LogP contribution in [0.2, 0.25) is 0 Å². The Balaban J connectivity index is 2.14. The lowest BCUT2D eigenvalue weighted by molar-refractivity contribution is 0.0849. The van der Waals surface area contributed by atoms with Crippen molar-refractivity contribution in [2.24, 2.45) is 11.8 Å². The molecule has 94 valence electrons. The summed E-state index contributed by atoms with van der Waals surface area (Å²) in [5.74, 6) is 0.466. The predicted octanol–water partition coefficient (Wildman–Crippen LogP) is 3.98. The van der Waals surface area contributed by atoms with Crippen molar-refractivity contribution in [3.8, 4) is 6.07 Å². The average Bonchev–Trinajstić information content (AvgIpc) is 2.46. The molecule has 0 aromatic heterocycles. The molecule has 1 atom stereocenters. The highest BCUT2D eigenvalue weighted by atomic mass is 16.1. The van der Waals surface area contributed by atoms with Gasteiger partial charge < -0.3 is 0 Å². The van der Waals surface area contributed by atoms with Gasteiger partial charge in [0.1, 0.15) is 0 Å². The SMILES string of the molecule is N#CCC(C(=O)c1ccccc1)C1CCCCC1. The number of benzene rings is 1. The molecule has 0 amide bonds. The summed E-state index contributed by atoms with van der Waals surface area (Å²) in [4.78, 5) is 12.5. The monoisotopic (exact) mass is 241 g/mol. The third kappa shape index (κ3) is 2.98. The van der Waals surface area contributed by atoms with Gasteiger partial charge in [-0.25, -0.2) is 0 Å². The molecule has 0 saturated heterocycles. The van der Waals surface area contributed by atoms with E-state index in [4.69, 9.17) is 5.26 Å². The van der Waals surface area contributed by atoms with Crippen molar-refractivity contribution >= 4 is 5.78 Å². The molecule has 2 nitrogen and oxygen atoms in total. The van der Waals surface area contributed by atoms with E-state index in [0.29, 0.717) is 12.3 Å². The summed E-state index contributed by atoms with van der Waals surface area (Å²) in [6, 6.07) is 11.6. The predicted molar refractivity (Wildman–Crippen MR) is 71.1 cm³/mol. The Labute approximate surface area is 109 Å². The fourth-order valence-electron chi connectivity index (χ4n) is 2.92. The minimum absolute atomic E-state index is 0.0994. The topological polar surface area (TPSA) is 40.9 Å². The van der Waals surface area contributed by atoms with Crippen LogP contribution in [0.5, 0.6) is 0 Å². The molecule has 1 fully saturated rings. The zero-order chi connectivity index (χ0) is 12.8. The molecule has 2 rings (SSSR count). The van der Waals surface area contributed by atoms with Crippen LogP contribution in [0, 0.1) is 23.2 Å². The standard InChI is InChI=1S/C16H19NO/c17-12-11-15(13-7-3-1-4-8-13)16(18)14-9-5-2-6-10-14/h2,5-6,9-10,13,15H,1,3-4,7-8,11H2. The maximum absolute atomic E-state index is 12.5. The second-order valence-corrected chi connectivity index (χ2v) is 5.10. The quantitative estimate of drug-likeness (QED) is 0.748. The summed E-state index contributed by atoms with van der Waals surface area (Å²) in [7, 11) is 0. The van der Waals surface area contributed by atoms with Gasteiger partial charge in [-0.3, -0.25) is 4.79 Å². The van der Waals surface area contributed by atoms with E-state index in [0.717, 1.165) is 18.4 Å². The fourth-order valence-corrected chi connectivity index (χ4v) is 2.92. The minimum atomic E-state index is -0.0994. The van der Waals surface area contributed by atoms with Crippen molar-refractivity contribution in [3.63, 3.8) is 0 Å². The van der Waals surface area contributed by atoms with Gasteiger partial charge in [0, 0.05) is 17.9 Å². The summed E-state index contributed by atoms with van der Waals surface area (Å²) in [5.41, 5.74) is 0.753. The van der Waals surface area contributed by atoms with Crippen molar-refractivity contribution in [2.45, 2.75) is 38.5 Å². The lowest BCUT2D eigenvalue weighted by Crippen LogP contribution is -2.25. The molecule has 0 heterocycles. The second kappa shape index (κ2) is 6.35. The first-order chi connectivity index (χ1) is 8.83. The molecular weight excluding hydrogens is 222 g/mol. The van der Waals surface area contributed by atoms with Crippen LogP contribution in [-0.4, -0.2) is 5.78 Å². The molecule has 1 saturated carbocycles. The Bertz CT molecular complexity index is 426. The second-order valence-electron chi connectivity index (χ2n) is 5.10. The first-order valence-electron chi connectivity index (χ1n) is 6.79. The third-order valence-corrected chi connectivity index (χ3v) is 3.93. The molecule has 0 N–H and O–H groups in total. The molecule has 1 aliphatic rings. The maximum atomic E-state index is 12.5. The Morgan fingerprint density at radius 1 is 1.22 bits per heavy atom. The van der Waals surface area contributed by atoms with Crippen LogP contribution in [-0.2, 0) is 0 Å². The van der Waals surface area contributed by atoms with Crippen LogP contribution in [0.3, 0.4) is 0 Å². The van der Waals surface area contributed by atoms with Crippen LogP contribution in [0.4, 0.5) is 0 Å². The van der Waals surface area contributed by atoms with Crippen molar-refractivity contribution in [1.82, 2.24) is 0 Å². The average molecular weight is 241 g/mol. The lowest BCUT2D eigenvalue weighted by Gasteiger charge is -2.27. The van der Waals surface area contributed by atoms with E-state index in [-0.39, 0.29) is 11.7 Å². The van der Waals surface area contributed by atoms with Gasteiger partial charge in [-0.15, -0.1) is 0 Å². The van der Waals surface area contributed by atoms with Crippen molar-refractivity contribution in [1.29, 1.82) is 5.26 Å². The number of nitrogens with zero attached hydrogens (tertiary/aromatic N) is 1. The number of carbonyl (C=O) groups excluding carboxylic acids is 1. The summed E-state index contributed by atoms with van der Waals surface area (Å²) < 4.78 is 0. The summed E-state index contributed by atoms with van der Waals surface area (Å²) >= 11 is 0. The zero-order valence-electron chi connectivity index (χ0n) is 10.6. The molecule has 0 spiro atoms. The normalized spacial score (nSPS) is 17.9. The molecule has 0 bridgehead atoms. The summed E-state index contributed by atoms with van der Waals surface area (Å²) in [6.07, 6.45) is 6.24. The van der Waals surface area contributed by atoms with Gasteiger partial charge in [0.2, 0.25) is 0 Å². The number of ketones is 1. The van der Waals surface area contributed by atoms with Gasteiger partial charge in [-0.05, 0) is 18.8 Å². The summed E-state index contributed by atoms with van der Waals surface area (Å²) in [5, 5.41) is 8.96.